The Morgan fingerprint density at radius 1 is 0.783 bits per heavy atom. The zero-order valence-electron chi connectivity index (χ0n) is 13.8. The summed E-state index contributed by atoms with van der Waals surface area (Å²) in [6.45, 7) is 3.54. The van der Waals surface area contributed by atoms with Crippen molar-refractivity contribution in [1.29, 1.82) is 0 Å². The number of nitrogens with zero attached hydrogens (tertiary/aromatic N) is 1. The van der Waals surface area contributed by atoms with E-state index in [0.29, 0.717) is 13.1 Å². The van der Waals surface area contributed by atoms with Crippen LogP contribution in [0.2, 0.25) is 0 Å². The predicted octanol–water partition coefficient (Wildman–Crippen LogP) is 2.88. The Balaban J connectivity index is 2.42. The lowest BCUT2D eigenvalue weighted by Crippen LogP contribution is -2.43. The van der Waals surface area contributed by atoms with Crippen molar-refractivity contribution in [3.8, 4) is 0 Å². The molecular weight excluding hydrogens is 286 g/mol. The van der Waals surface area contributed by atoms with Gasteiger partial charge in [-0.2, -0.15) is 0 Å². The Kier molecular flexibility index (Phi) is 7.27. The average molecular weight is 313 g/mol. The number of benzene rings is 2. The molecule has 0 unspecified atom stereocenters. The molecule has 0 amide bonds. The Morgan fingerprint density at radius 2 is 1.22 bits per heavy atom. The van der Waals surface area contributed by atoms with Crippen LogP contribution in [0.1, 0.15) is 30.4 Å². The fraction of sp³-hybridized carbons (Fsp3) is 0.400. The van der Waals surface area contributed by atoms with Gasteiger partial charge in [0.25, 0.3) is 0 Å². The van der Waals surface area contributed by atoms with Crippen LogP contribution < -0.4 is 0 Å². The Morgan fingerprint density at radius 3 is 1.57 bits per heavy atom. The smallest absolute Gasteiger partial charge is 0.0558 e. The van der Waals surface area contributed by atoms with Crippen molar-refractivity contribution >= 4 is 0 Å². The fourth-order valence-corrected chi connectivity index (χ4v) is 3.36. The largest absolute Gasteiger partial charge is 0.395 e. The maximum absolute atomic E-state index is 9.41. The molecule has 0 aromatic heterocycles. The van der Waals surface area contributed by atoms with Gasteiger partial charge in [-0.15, -0.1) is 0 Å². The first-order chi connectivity index (χ1) is 11.3. The Hall–Kier alpha value is -1.68. The topological polar surface area (TPSA) is 43.7 Å². The maximum atomic E-state index is 9.41. The van der Waals surface area contributed by atoms with E-state index in [0.717, 1.165) is 6.42 Å². The molecule has 0 aliphatic carbocycles. The lowest BCUT2D eigenvalue weighted by Gasteiger charge is -2.36. The molecule has 0 bridgehead atoms. The number of hydrogen-bond acceptors (Lipinski definition) is 3. The SMILES string of the molecule is CC[C@@H](C(c1ccccc1)c1ccccc1)N(CCO)CCO. The molecule has 2 rings (SSSR count). The molecule has 2 aromatic carbocycles. The van der Waals surface area contributed by atoms with Gasteiger partial charge in [0, 0.05) is 25.0 Å². The third kappa shape index (κ3) is 4.64. The summed E-state index contributed by atoms with van der Waals surface area (Å²) in [5.41, 5.74) is 2.54. The van der Waals surface area contributed by atoms with Crippen molar-refractivity contribution in [2.24, 2.45) is 0 Å². The molecule has 2 N–H and O–H groups in total. The second-order valence-electron chi connectivity index (χ2n) is 5.76. The summed E-state index contributed by atoms with van der Waals surface area (Å²) < 4.78 is 0. The molecule has 0 aliphatic heterocycles. The van der Waals surface area contributed by atoms with Crippen LogP contribution in [-0.4, -0.2) is 47.5 Å². The maximum Gasteiger partial charge on any atom is 0.0558 e. The van der Waals surface area contributed by atoms with Crippen molar-refractivity contribution in [1.82, 2.24) is 4.90 Å². The first kappa shape index (κ1) is 17.7. The minimum Gasteiger partial charge on any atom is -0.395 e. The van der Waals surface area contributed by atoms with Crippen molar-refractivity contribution in [2.45, 2.75) is 25.3 Å². The van der Waals surface area contributed by atoms with Gasteiger partial charge in [-0.05, 0) is 17.5 Å². The van der Waals surface area contributed by atoms with Gasteiger partial charge >= 0.3 is 0 Å². The van der Waals surface area contributed by atoms with Gasteiger partial charge in [0.2, 0.25) is 0 Å². The molecule has 0 aliphatic rings. The average Bonchev–Trinajstić information content (AvgIpc) is 2.61. The van der Waals surface area contributed by atoms with Crippen LogP contribution in [-0.2, 0) is 0 Å². The summed E-state index contributed by atoms with van der Waals surface area (Å²) in [5, 5.41) is 18.8. The molecule has 3 heteroatoms. The third-order valence-electron chi connectivity index (χ3n) is 4.36. The van der Waals surface area contributed by atoms with Gasteiger partial charge in [0.1, 0.15) is 0 Å². The van der Waals surface area contributed by atoms with Crippen molar-refractivity contribution < 1.29 is 10.2 Å². The molecule has 0 saturated carbocycles. The number of aliphatic hydroxyl groups excluding tert-OH is 2. The molecule has 124 valence electrons. The van der Waals surface area contributed by atoms with Crippen LogP contribution in [0.5, 0.6) is 0 Å². The summed E-state index contributed by atoms with van der Waals surface area (Å²) in [6, 6.07) is 21.2. The van der Waals surface area contributed by atoms with Gasteiger partial charge in [-0.3, -0.25) is 4.90 Å². The molecule has 0 heterocycles. The number of rotatable bonds is 9. The van der Waals surface area contributed by atoms with E-state index in [1.54, 1.807) is 0 Å². The van der Waals surface area contributed by atoms with Crippen LogP contribution >= 0.6 is 0 Å². The predicted molar refractivity (Wildman–Crippen MR) is 94.6 cm³/mol. The lowest BCUT2D eigenvalue weighted by molar-refractivity contribution is 0.111. The summed E-state index contributed by atoms with van der Waals surface area (Å²) in [7, 11) is 0. The van der Waals surface area contributed by atoms with E-state index in [4.69, 9.17) is 0 Å². The summed E-state index contributed by atoms with van der Waals surface area (Å²) in [6.07, 6.45) is 0.953. The van der Waals surface area contributed by atoms with E-state index in [1.807, 2.05) is 12.1 Å². The van der Waals surface area contributed by atoms with Gasteiger partial charge in [0.05, 0.1) is 13.2 Å². The highest BCUT2D eigenvalue weighted by Gasteiger charge is 2.28. The molecule has 2 aromatic rings. The van der Waals surface area contributed by atoms with Crippen molar-refractivity contribution in [3.63, 3.8) is 0 Å². The van der Waals surface area contributed by atoms with E-state index < -0.39 is 0 Å². The van der Waals surface area contributed by atoms with Gasteiger partial charge in [0.15, 0.2) is 0 Å². The van der Waals surface area contributed by atoms with Gasteiger partial charge in [-0.1, -0.05) is 67.6 Å². The second-order valence-corrected chi connectivity index (χ2v) is 5.76. The highest BCUT2D eigenvalue weighted by atomic mass is 16.3. The molecule has 3 nitrogen and oxygen atoms in total. The molecule has 0 fully saturated rings. The quantitative estimate of drug-likeness (QED) is 0.748. The minimum absolute atomic E-state index is 0.104. The molecule has 23 heavy (non-hydrogen) atoms. The highest BCUT2D eigenvalue weighted by molar-refractivity contribution is 5.34. The van der Waals surface area contributed by atoms with E-state index in [2.05, 4.69) is 60.4 Å². The van der Waals surface area contributed by atoms with E-state index in [1.165, 1.54) is 11.1 Å². The minimum atomic E-state index is 0.104. The number of aliphatic hydroxyl groups is 2. The summed E-state index contributed by atoms with van der Waals surface area (Å²) in [5.74, 6) is 0.223. The van der Waals surface area contributed by atoms with Crippen molar-refractivity contribution in [2.75, 3.05) is 26.3 Å². The third-order valence-corrected chi connectivity index (χ3v) is 4.36. The number of hydrogen-bond donors (Lipinski definition) is 2. The standard InChI is InChI=1S/C20H27NO2/c1-2-19(21(13-15-22)14-16-23)20(17-9-5-3-6-10-17)18-11-7-4-8-12-18/h3-12,19-20,22-23H,2,13-16H2,1H3/t19-/m0/s1. The highest BCUT2D eigenvalue weighted by Crippen LogP contribution is 2.32. The Labute approximate surface area is 139 Å². The first-order valence-electron chi connectivity index (χ1n) is 8.37. The van der Waals surface area contributed by atoms with Crippen LogP contribution in [0.25, 0.3) is 0 Å². The monoisotopic (exact) mass is 313 g/mol. The van der Waals surface area contributed by atoms with Crippen LogP contribution in [0, 0.1) is 0 Å². The van der Waals surface area contributed by atoms with E-state index in [9.17, 15) is 10.2 Å². The van der Waals surface area contributed by atoms with E-state index in [-0.39, 0.29) is 25.2 Å². The molecule has 0 spiro atoms. The molecule has 0 radical (unpaired) electrons. The molecule has 1 atom stereocenters. The van der Waals surface area contributed by atoms with Crippen LogP contribution in [0.3, 0.4) is 0 Å². The van der Waals surface area contributed by atoms with Crippen molar-refractivity contribution in [3.05, 3.63) is 71.8 Å². The van der Waals surface area contributed by atoms with Gasteiger partial charge < -0.3 is 10.2 Å². The van der Waals surface area contributed by atoms with Crippen LogP contribution in [0.4, 0.5) is 0 Å². The molecule has 0 saturated heterocycles. The molecular formula is C20H27NO2. The second kappa shape index (κ2) is 9.46. The van der Waals surface area contributed by atoms with Crippen LogP contribution in [0.15, 0.2) is 60.7 Å². The summed E-state index contributed by atoms with van der Waals surface area (Å²) >= 11 is 0. The normalized spacial score (nSPS) is 12.7. The zero-order valence-corrected chi connectivity index (χ0v) is 13.8. The first-order valence-corrected chi connectivity index (χ1v) is 8.37. The van der Waals surface area contributed by atoms with Gasteiger partial charge in [-0.25, -0.2) is 0 Å². The Bertz CT molecular complexity index is 499. The fourth-order valence-electron chi connectivity index (χ4n) is 3.36. The zero-order chi connectivity index (χ0) is 16.5. The van der Waals surface area contributed by atoms with E-state index >= 15 is 0 Å². The summed E-state index contributed by atoms with van der Waals surface area (Å²) in [4.78, 5) is 2.20. The lowest BCUT2D eigenvalue weighted by atomic mass is 9.83.